The van der Waals surface area contributed by atoms with Crippen molar-refractivity contribution in [3.63, 3.8) is 0 Å². The van der Waals surface area contributed by atoms with E-state index in [4.69, 9.17) is 0 Å². The van der Waals surface area contributed by atoms with E-state index in [9.17, 15) is 0 Å². The summed E-state index contributed by atoms with van der Waals surface area (Å²) in [7, 11) is 2.05. The molecule has 0 radical (unpaired) electrons. The van der Waals surface area contributed by atoms with Gasteiger partial charge in [0.05, 0.1) is 13.1 Å². The SMILES string of the molecule is CC(C)N(CCCc1cc2cc(CN(Cc3ncc[nH]3)Cc3nccn3C)ccc2s1)C(C)C. The summed E-state index contributed by atoms with van der Waals surface area (Å²) in [6.45, 7) is 12.7. The van der Waals surface area contributed by atoms with Crippen LogP contribution in [0, 0.1) is 0 Å². The number of imidazole rings is 2. The Labute approximate surface area is 207 Å². The van der Waals surface area contributed by atoms with Crippen molar-refractivity contribution >= 4 is 21.4 Å². The lowest BCUT2D eigenvalue weighted by Crippen LogP contribution is -2.37. The predicted octanol–water partition coefficient (Wildman–Crippen LogP) is 5.61. The lowest BCUT2D eigenvalue weighted by atomic mass is 10.1. The Balaban J connectivity index is 1.43. The molecule has 1 N–H and O–H groups in total. The average Bonchev–Trinajstić information content (AvgIpc) is 3.52. The fourth-order valence-electron chi connectivity index (χ4n) is 4.69. The predicted molar refractivity (Wildman–Crippen MR) is 142 cm³/mol. The van der Waals surface area contributed by atoms with Crippen LogP contribution in [-0.2, 0) is 33.1 Å². The first-order chi connectivity index (χ1) is 16.4. The lowest BCUT2D eigenvalue weighted by Gasteiger charge is -2.30. The zero-order chi connectivity index (χ0) is 24.1. The molecule has 0 unspecified atom stereocenters. The third-order valence-electron chi connectivity index (χ3n) is 6.42. The normalized spacial score (nSPS) is 12.3. The Bertz CT molecular complexity index is 1150. The van der Waals surface area contributed by atoms with E-state index in [1.165, 1.54) is 26.9 Å². The molecule has 3 heterocycles. The number of nitrogens with zero attached hydrogens (tertiary/aromatic N) is 5. The summed E-state index contributed by atoms with van der Waals surface area (Å²) in [4.78, 5) is 18.7. The third-order valence-corrected chi connectivity index (χ3v) is 7.59. The van der Waals surface area contributed by atoms with Crippen molar-refractivity contribution in [1.82, 2.24) is 29.3 Å². The number of aromatic amines is 1. The second-order valence-electron chi connectivity index (χ2n) is 9.75. The van der Waals surface area contributed by atoms with E-state index < -0.39 is 0 Å². The van der Waals surface area contributed by atoms with Crippen molar-refractivity contribution < 1.29 is 0 Å². The van der Waals surface area contributed by atoms with Gasteiger partial charge in [-0.25, -0.2) is 9.97 Å². The topological polar surface area (TPSA) is 53.0 Å². The molecule has 4 aromatic rings. The standard InChI is InChI=1S/C27H38N6S/c1-20(2)33(21(3)4)13-6-7-24-16-23-15-22(8-9-25(23)34-24)17-32(18-26-28-10-11-29-26)19-27-30-12-14-31(27)5/h8-12,14-16,20-21H,6-7,13,17-19H2,1-5H3,(H,28,29). The molecule has 0 aliphatic rings. The van der Waals surface area contributed by atoms with Gasteiger partial charge in [0.1, 0.15) is 11.6 Å². The third kappa shape index (κ3) is 6.34. The molecule has 0 fully saturated rings. The van der Waals surface area contributed by atoms with Crippen molar-refractivity contribution in [3.8, 4) is 0 Å². The molecule has 0 saturated carbocycles. The zero-order valence-corrected chi connectivity index (χ0v) is 22.0. The van der Waals surface area contributed by atoms with E-state index >= 15 is 0 Å². The minimum Gasteiger partial charge on any atom is -0.348 e. The molecular weight excluding hydrogens is 440 g/mol. The number of nitrogens with one attached hydrogen (secondary N) is 1. The van der Waals surface area contributed by atoms with Gasteiger partial charge < -0.3 is 9.55 Å². The van der Waals surface area contributed by atoms with Crippen molar-refractivity contribution in [2.45, 2.75) is 72.3 Å². The maximum Gasteiger partial charge on any atom is 0.122 e. The smallest absolute Gasteiger partial charge is 0.122 e. The molecule has 3 aromatic heterocycles. The van der Waals surface area contributed by atoms with Gasteiger partial charge in [0, 0.05) is 60.0 Å². The minimum absolute atomic E-state index is 0.597. The summed E-state index contributed by atoms with van der Waals surface area (Å²) >= 11 is 1.94. The van der Waals surface area contributed by atoms with Gasteiger partial charge in [0.2, 0.25) is 0 Å². The van der Waals surface area contributed by atoms with Gasteiger partial charge in [0.15, 0.2) is 0 Å². The maximum absolute atomic E-state index is 4.53. The minimum atomic E-state index is 0.597. The first-order valence-corrected chi connectivity index (χ1v) is 13.1. The highest BCUT2D eigenvalue weighted by molar-refractivity contribution is 7.19. The Morgan fingerprint density at radius 2 is 1.82 bits per heavy atom. The number of aryl methyl sites for hydroxylation is 2. The Morgan fingerprint density at radius 3 is 2.50 bits per heavy atom. The van der Waals surface area contributed by atoms with E-state index in [1.807, 2.05) is 43.2 Å². The second-order valence-corrected chi connectivity index (χ2v) is 10.9. The van der Waals surface area contributed by atoms with Crippen LogP contribution in [0.1, 0.15) is 56.2 Å². The largest absolute Gasteiger partial charge is 0.348 e. The monoisotopic (exact) mass is 478 g/mol. The highest BCUT2D eigenvalue weighted by Gasteiger charge is 2.15. The fourth-order valence-corrected chi connectivity index (χ4v) is 5.78. The Hall–Kier alpha value is -2.48. The van der Waals surface area contributed by atoms with Gasteiger partial charge in [-0.2, -0.15) is 0 Å². The summed E-state index contributed by atoms with van der Waals surface area (Å²) in [6.07, 6.45) is 9.91. The molecule has 0 amide bonds. The maximum atomic E-state index is 4.53. The van der Waals surface area contributed by atoms with Gasteiger partial charge in [-0.15, -0.1) is 11.3 Å². The van der Waals surface area contributed by atoms with Crippen LogP contribution in [-0.4, -0.2) is 47.9 Å². The van der Waals surface area contributed by atoms with E-state index in [1.54, 1.807) is 0 Å². The molecular formula is C27H38N6S. The molecule has 182 valence electrons. The van der Waals surface area contributed by atoms with Crippen LogP contribution in [0.2, 0.25) is 0 Å². The average molecular weight is 479 g/mol. The molecule has 0 bridgehead atoms. The summed E-state index contributed by atoms with van der Waals surface area (Å²) < 4.78 is 3.47. The van der Waals surface area contributed by atoms with Gasteiger partial charge in [0.25, 0.3) is 0 Å². The van der Waals surface area contributed by atoms with Gasteiger partial charge in [-0.3, -0.25) is 9.80 Å². The quantitative estimate of drug-likeness (QED) is 0.287. The summed E-state index contributed by atoms with van der Waals surface area (Å²) in [6, 6.07) is 10.5. The second kappa shape index (κ2) is 11.3. The van der Waals surface area contributed by atoms with E-state index in [0.29, 0.717) is 12.1 Å². The number of fused-ring (bicyclic) bond motifs is 1. The van der Waals surface area contributed by atoms with Crippen LogP contribution in [0.15, 0.2) is 49.1 Å². The first kappa shape index (κ1) is 24.6. The Morgan fingerprint density at radius 1 is 1.00 bits per heavy atom. The van der Waals surface area contributed by atoms with Crippen LogP contribution in [0.4, 0.5) is 0 Å². The van der Waals surface area contributed by atoms with Crippen LogP contribution < -0.4 is 0 Å². The van der Waals surface area contributed by atoms with Crippen LogP contribution in [0.3, 0.4) is 0 Å². The molecule has 7 heteroatoms. The lowest BCUT2D eigenvalue weighted by molar-refractivity contribution is 0.173. The molecule has 0 spiro atoms. The molecule has 4 rings (SSSR count). The summed E-state index contributed by atoms with van der Waals surface area (Å²) in [5.41, 5.74) is 1.32. The van der Waals surface area contributed by atoms with Crippen LogP contribution in [0.5, 0.6) is 0 Å². The van der Waals surface area contributed by atoms with Gasteiger partial charge in [-0.1, -0.05) is 6.07 Å². The Kier molecular flexibility index (Phi) is 8.19. The van der Waals surface area contributed by atoms with Gasteiger partial charge in [-0.05, 0) is 76.2 Å². The molecule has 0 aliphatic carbocycles. The number of thiophene rings is 1. The van der Waals surface area contributed by atoms with E-state index in [2.05, 4.69) is 81.3 Å². The van der Waals surface area contributed by atoms with Gasteiger partial charge >= 0.3 is 0 Å². The highest BCUT2D eigenvalue weighted by Crippen LogP contribution is 2.28. The van der Waals surface area contributed by atoms with Crippen molar-refractivity contribution in [2.24, 2.45) is 7.05 Å². The molecule has 34 heavy (non-hydrogen) atoms. The summed E-state index contributed by atoms with van der Waals surface area (Å²) in [5.74, 6) is 2.03. The molecule has 1 aromatic carbocycles. The summed E-state index contributed by atoms with van der Waals surface area (Å²) in [5, 5.41) is 1.36. The zero-order valence-electron chi connectivity index (χ0n) is 21.2. The number of H-pyrrole nitrogens is 1. The highest BCUT2D eigenvalue weighted by atomic mass is 32.1. The van der Waals surface area contributed by atoms with Crippen molar-refractivity contribution in [1.29, 1.82) is 0 Å². The number of hydrogen-bond acceptors (Lipinski definition) is 5. The van der Waals surface area contributed by atoms with Crippen LogP contribution in [0.25, 0.3) is 10.1 Å². The van der Waals surface area contributed by atoms with Crippen LogP contribution >= 0.6 is 11.3 Å². The van der Waals surface area contributed by atoms with Crippen molar-refractivity contribution in [3.05, 3.63) is 71.1 Å². The first-order valence-electron chi connectivity index (χ1n) is 12.3. The van der Waals surface area contributed by atoms with E-state index in [-0.39, 0.29) is 0 Å². The van der Waals surface area contributed by atoms with E-state index in [0.717, 1.165) is 44.2 Å². The number of aromatic nitrogens is 4. The van der Waals surface area contributed by atoms with Crippen molar-refractivity contribution in [2.75, 3.05) is 6.54 Å². The number of hydrogen-bond donors (Lipinski definition) is 1. The molecule has 0 saturated heterocycles. The molecule has 0 aliphatic heterocycles. The molecule has 0 atom stereocenters. The fraction of sp³-hybridized carbons (Fsp3) is 0.481. The number of rotatable bonds is 12. The number of benzene rings is 1. The molecule has 6 nitrogen and oxygen atoms in total.